The first-order chi connectivity index (χ1) is 11.5. The van der Waals surface area contributed by atoms with E-state index in [1.807, 2.05) is 13.8 Å². The Bertz CT molecular complexity index is 742. The Hall–Kier alpha value is -2.43. The van der Waals surface area contributed by atoms with Crippen molar-refractivity contribution in [3.63, 3.8) is 0 Å². The molecule has 24 heavy (non-hydrogen) atoms. The molecule has 0 atom stereocenters. The third-order valence-electron chi connectivity index (χ3n) is 3.51. The zero-order valence-corrected chi connectivity index (χ0v) is 14.0. The Kier molecular flexibility index (Phi) is 5.90. The van der Waals surface area contributed by atoms with Gasteiger partial charge in [0, 0.05) is 11.6 Å². The van der Waals surface area contributed by atoms with Gasteiger partial charge in [-0.2, -0.15) is 0 Å². The topological polar surface area (TPSA) is 35.5 Å². The summed E-state index contributed by atoms with van der Waals surface area (Å²) in [5.41, 5.74) is 0.746. The van der Waals surface area contributed by atoms with Crippen LogP contribution in [0.15, 0.2) is 30.3 Å². The fourth-order valence-corrected chi connectivity index (χ4v) is 2.17. The zero-order valence-electron chi connectivity index (χ0n) is 14.0. The van der Waals surface area contributed by atoms with Crippen LogP contribution in [0, 0.1) is 11.6 Å². The van der Waals surface area contributed by atoms with Crippen molar-refractivity contribution in [2.75, 3.05) is 6.61 Å². The summed E-state index contributed by atoms with van der Waals surface area (Å²) in [6.07, 6.45) is 1.29. The maximum Gasteiger partial charge on any atom is 0.172 e. The average Bonchev–Trinajstić information content (AvgIpc) is 2.55. The molecule has 5 heteroatoms. The van der Waals surface area contributed by atoms with Crippen LogP contribution in [-0.4, -0.2) is 12.4 Å². The molecule has 0 spiro atoms. The number of ketones is 1. The van der Waals surface area contributed by atoms with Crippen molar-refractivity contribution in [1.29, 1.82) is 0 Å². The van der Waals surface area contributed by atoms with Gasteiger partial charge in [0.1, 0.15) is 5.82 Å². The molecule has 0 amide bonds. The third kappa shape index (κ3) is 4.10. The Morgan fingerprint density at radius 3 is 2.33 bits per heavy atom. The van der Waals surface area contributed by atoms with Crippen LogP contribution < -0.4 is 9.47 Å². The van der Waals surface area contributed by atoms with E-state index < -0.39 is 11.6 Å². The van der Waals surface area contributed by atoms with Crippen molar-refractivity contribution < 1.29 is 23.0 Å². The van der Waals surface area contributed by atoms with Gasteiger partial charge in [-0.1, -0.05) is 13.8 Å². The lowest BCUT2D eigenvalue weighted by molar-refractivity contribution is 0.101. The van der Waals surface area contributed by atoms with Gasteiger partial charge in [0.15, 0.2) is 28.8 Å². The molecule has 0 saturated carbocycles. The lowest BCUT2D eigenvalue weighted by atomic mass is 10.1. The second-order valence-corrected chi connectivity index (χ2v) is 5.40. The van der Waals surface area contributed by atoms with E-state index in [-0.39, 0.29) is 22.8 Å². The lowest BCUT2D eigenvalue weighted by Crippen LogP contribution is -2.01. The average molecular weight is 334 g/mol. The minimum Gasteiger partial charge on any atom is -0.490 e. The van der Waals surface area contributed by atoms with Crippen molar-refractivity contribution in [3.8, 4) is 17.2 Å². The van der Waals surface area contributed by atoms with E-state index in [9.17, 15) is 13.6 Å². The number of ether oxygens (including phenoxy) is 2. The molecule has 0 aliphatic rings. The Balaban J connectivity index is 2.37. The molecule has 128 valence electrons. The van der Waals surface area contributed by atoms with E-state index in [2.05, 4.69) is 0 Å². The number of halogens is 2. The molecule has 0 N–H and O–H groups in total. The summed E-state index contributed by atoms with van der Waals surface area (Å²) in [6, 6.07) is 6.68. The highest BCUT2D eigenvalue weighted by atomic mass is 19.1. The van der Waals surface area contributed by atoms with Gasteiger partial charge in [-0.3, -0.25) is 4.79 Å². The second-order valence-electron chi connectivity index (χ2n) is 5.40. The summed E-state index contributed by atoms with van der Waals surface area (Å²) < 4.78 is 39.3. The van der Waals surface area contributed by atoms with Crippen molar-refractivity contribution in [1.82, 2.24) is 0 Å². The molecule has 0 aromatic heterocycles. The van der Waals surface area contributed by atoms with Gasteiger partial charge in [-0.05, 0) is 49.6 Å². The molecule has 0 bridgehead atoms. The highest BCUT2D eigenvalue weighted by Gasteiger charge is 2.15. The number of carbonyl (C=O) groups is 1. The maximum atomic E-state index is 14.1. The molecule has 0 fully saturated rings. The molecule has 3 nitrogen and oxygen atoms in total. The standard InChI is InChI=1S/C19H20F2O3/c1-4-8-23-18-10-13(5-2)15(20)11-19(18)24-17-7-6-14(12(3)22)9-16(17)21/h6-7,9-11H,4-5,8H2,1-3H3. The van der Waals surface area contributed by atoms with Crippen LogP contribution in [0.4, 0.5) is 8.78 Å². The van der Waals surface area contributed by atoms with Crippen LogP contribution in [-0.2, 0) is 6.42 Å². The van der Waals surface area contributed by atoms with Crippen LogP contribution in [0.1, 0.15) is 43.1 Å². The van der Waals surface area contributed by atoms with Crippen molar-refractivity contribution >= 4 is 5.78 Å². The Labute approximate surface area is 140 Å². The van der Waals surface area contributed by atoms with Crippen LogP contribution in [0.3, 0.4) is 0 Å². The minimum absolute atomic E-state index is 0.0926. The van der Waals surface area contributed by atoms with Crippen molar-refractivity contribution in [3.05, 3.63) is 53.1 Å². The first-order valence-corrected chi connectivity index (χ1v) is 7.89. The number of hydrogen-bond donors (Lipinski definition) is 0. The first-order valence-electron chi connectivity index (χ1n) is 7.89. The van der Waals surface area contributed by atoms with Gasteiger partial charge in [-0.15, -0.1) is 0 Å². The van der Waals surface area contributed by atoms with E-state index in [1.54, 1.807) is 6.07 Å². The van der Waals surface area contributed by atoms with Gasteiger partial charge < -0.3 is 9.47 Å². The summed E-state index contributed by atoms with van der Waals surface area (Å²) >= 11 is 0. The number of aryl methyl sites for hydroxylation is 1. The maximum absolute atomic E-state index is 14.1. The van der Waals surface area contributed by atoms with Gasteiger partial charge in [-0.25, -0.2) is 8.78 Å². The first kappa shape index (κ1) is 17.9. The summed E-state index contributed by atoms with van der Waals surface area (Å²) in [5.74, 6) is -0.991. The second kappa shape index (κ2) is 7.90. The quantitative estimate of drug-likeness (QED) is 0.644. The Morgan fingerprint density at radius 2 is 1.75 bits per heavy atom. The van der Waals surface area contributed by atoms with Gasteiger partial charge in [0.2, 0.25) is 0 Å². The van der Waals surface area contributed by atoms with E-state index in [4.69, 9.17) is 9.47 Å². The Morgan fingerprint density at radius 1 is 1.00 bits per heavy atom. The summed E-state index contributed by atoms with van der Waals surface area (Å²) in [7, 11) is 0. The molecule has 0 radical (unpaired) electrons. The SMILES string of the molecule is CCCOc1cc(CC)c(F)cc1Oc1ccc(C(C)=O)cc1F. The van der Waals surface area contributed by atoms with Crippen LogP contribution in [0.5, 0.6) is 17.2 Å². The minimum atomic E-state index is -0.691. The number of hydrogen-bond acceptors (Lipinski definition) is 3. The molecule has 2 aromatic rings. The summed E-state index contributed by atoms with van der Waals surface area (Å²) in [5, 5.41) is 0. The van der Waals surface area contributed by atoms with Crippen LogP contribution >= 0.6 is 0 Å². The largest absolute Gasteiger partial charge is 0.490 e. The number of rotatable bonds is 7. The van der Waals surface area contributed by atoms with Gasteiger partial charge in [0.25, 0.3) is 0 Å². The fraction of sp³-hybridized carbons (Fsp3) is 0.316. The number of benzene rings is 2. The fourth-order valence-electron chi connectivity index (χ4n) is 2.17. The number of Topliss-reactive ketones (excluding diaryl/α,β-unsaturated/α-hetero) is 1. The molecule has 2 aromatic carbocycles. The van der Waals surface area contributed by atoms with Gasteiger partial charge in [0.05, 0.1) is 6.61 Å². The van der Waals surface area contributed by atoms with Crippen LogP contribution in [0.2, 0.25) is 0 Å². The predicted molar refractivity (Wildman–Crippen MR) is 88.0 cm³/mol. The van der Waals surface area contributed by atoms with E-state index in [0.29, 0.717) is 24.3 Å². The number of carbonyl (C=O) groups excluding carboxylic acids is 1. The molecule has 0 heterocycles. The van der Waals surface area contributed by atoms with Crippen molar-refractivity contribution in [2.45, 2.75) is 33.6 Å². The predicted octanol–water partition coefficient (Wildman–Crippen LogP) is 5.31. The molecule has 0 unspecified atom stereocenters. The van der Waals surface area contributed by atoms with Crippen molar-refractivity contribution in [2.24, 2.45) is 0 Å². The molecular weight excluding hydrogens is 314 g/mol. The monoisotopic (exact) mass is 334 g/mol. The summed E-state index contributed by atoms with van der Waals surface area (Å²) in [4.78, 5) is 11.3. The highest BCUT2D eigenvalue weighted by molar-refractivity contribution is 5.94. The zero-order chi connectivity index (χ0) is 17.7. The summed E-state index contributed by atoms with van der Waals surface area (Å²) in [6.45, 7) is 5.58. The molecule has 0 saturated heterocycles. The van der Waals surface area contributed by atoms with E-state index in [1.165, 1.54) is 25.1 Å². The van der Waals surface area contributed by atoms with Crippen LogP contribution in [0.25, 0.3) is 0 Å². The normalized spacial score (nSPS) is 10.5. The lowest BCUT2D eigenvalue weighted by Gasteiger charge is -2.15. The highest BCUT2D eigenvalue weighted by Crippen LogP contribution is 2.35. The van der Waals surface area contributed by atoms with E-state index >= 15 is 0 Å². The molecule has 0 aliphatic carbocycles. The third-order valence-corrected chi connectivity index (χ3v) is 3.51. The van der Waals surface area contributed by atoms with Gasteiger partial charge >= 0.3 is 0 Å². The van der Waals surface area contributed by atoms with E-state index in [0.717, 1.165) is 12.5 Å². The molecular formula is C19H20F2O3. The molecule has 2 rings (SSSR count). The molecule has 0 aliphatic heterocycles. The smallest absolute Gasteiger partial charge is 0.172 e.